The average molecular weight is 286 g/mol. The van der Waals surface area contributed by atoms with Crippen molar-refractivity contribution in [2.24, 2.45) is 0 Å². The van der Waals surface area contributed by atoms with Crippen LogP contribution in [0.5, 0.6) is 11.5 Å². The van der Waals surface area contributed by atoms with Crippen LogP contribution in [0.25, 0.3) is 0 Å². The van der Waals surface area contributed by atoms with Gasteiger partial charge in [0.25, 0.3) is 0 Å². The lowest BCUT2D eigenvalue weighted by Crippen LogP contribution is -2.15. The molecule has 0 saturated carbocycles. The largest absolute Gasteiger partial charge is 0.457 e. The summed E-state index contributed by atoms with van der Waals surface area (Å²) in [6, 6.07) is 14.7. The van der Waals surface area contributed by atoms with Crippen molar-refractivity contribution in [3.63, 3.8) is 0 Å². The van der Waals surface area contributed by atoms with Gasteiger partial charge in [-0.2, -0.15) is 0 Å². The molecule has 0 spiro atoms. The van der Waals surface area contributed by atoms with E-state index in [9.17, 15) is 10.2 Å². The van der Waals surface area contributed by atoms with Gasteiger partial charge in [-0.3, -0.25) is 0 Å². The van der Waals surface area contributed by atoms with Gasteiger partial charge < -0.3 is 14.9 Å². The fraction of sp³-hybridized carbons (Fsp3) is 0.333. The normalized spacial score (nSPS) is 12.3. The van der Waals surface area contributed by atoms with E-state index < -0.39 is 11.2 Å². The zero-order chi connectivity index (χ0) is 15.7. The van der Waals surface area contributed by atoms with Crippen LogP contribution in [0, 0.1) is 0 Å². The zero-order valence-electron chi connectivity index (χ0n) is 12.9. The van der Waals surface area contributed by atoms with Crippen LogP contribution in [0.4, 0.5) is 0 Å². The Hall–Kier alpha value is -1.84. The lowest BCUT2D eigenvalue weighted by atomic mass is 9.98. The van der Waals surface area contributed by atoms with Gasteiger partial charge in [-0.1, -0.05) is 24.3 Å². The second kappa shape index (κ2) is 5.51. The van der Waals surface area contributed by atoms with Crippen LogP contribution in [-0.2, 0) is 11.2 Å². The minimum absolute atomic E-state index is 0.655. The molecule has 0 heterocycles. The van der Waals surface area contributed by atoms with Crippen molar-refractivity contribution in [1.82, 2.24) is 0 Å². The fourth-order valence-corrected chi connectivity index (χ4v) is 2.02. The number of rotatable bonds is 4. The van der Waals surface area contributed by atoms with Gasteiger partial charge in [-0.25, -0.2) is 0 Å². The predicted molar refractivity (Wildman–Crippen MR) is 83.4 cm³/mol. The summed E-state index contributed by atoms with van der Waals surface area (Å²) in [7, 11) is 0. The summed E-state index contributed by atoms with van der Waals surface area (Å²) in [6.07, 6.45) is 0. The van der Waals surface area contributed by atoms with Crippen molar-refractivity contribution in [3.8, 4) is 11.5 Å². The summed E-state index contributed by atoms with van der Waals surface area (Å²) < 4.78 is 5.83. The van der Waals surface area contributed by atoms with Gasteiger partial charge in [0.2, 0.25) is 0 Å². The average Bonchev–Trinajstić information content (AvgIpc) is 2.37. The van der Waals surface area contributed by atoms with Crippen molar-refractivity contribution in [2.45, 2.75) is 38.9 Å². The molecule has 0 radical (unpaired) electrons. The van der Waals surface area contributed by atoms with Gasteiger partial charge in [0.1, 0.15) is 11.5 Å². The van der Waals surface area contributed by atoms with Gasteiger partial charge in [-0.05, 0) is 63.1 Å². The van der Waals surface area contributed by atoms with E-state index in [-0.39, 0.29) is 0 Å². The van der Waals surface area contributed by atoms with Crippen molar-refractivity contribution < 1.29 is 14.9 Å². The van der Waals surface area contributed by atoms with E-state index in [0.29, 0.717) is 11.5 Å². The Bertz CT molecular complexity index is 563. The highest BCUT2D eigenvalue weighted by Crippen LogP contribution is 2.29. The van der Waals surface area contributed by atoms with Crippen LogP contribution in [0.2, 0.25) is 0 Å². The third kappa shape index (κ3) is 4.06. The standard InChI is InChI=1S/C18H22O3/c1-17(2,19)13-7-5-9-15(11-13)21-16-10-6-8-14(12-16)18(3,4)20/h5-12,19-20H,1-4H3. The van der Waals surface area contributed by atoms with Crippen LogP contribution in [-0.4, -0.2) is 10.2 Å². The number of aliphatic hydroxyl groups is 2. The van der Waals surface area contributed by atoms with Gasteiger partial charge >= 0.3 is 0 Å². The minimum Gasteiger partial charge on any atom is -0.457 e. The van der Waals surface area contributed by atoms with Crippen molar-refractivity contribution in [1.29, 1.82) is 0 Å². The molecular formula is C18H22O3. The van der Waals surface area contributed by atoms with E-state index >= 15 is 0 Å². The molecule has 0 bridgehead atoms. The van der Waals surface area contributed by atoms with E-state index in [1.165, 1.54) is 0 Å². The smallest absolute Gasteiger partial charge is 0.127 e. The van der Waals surface area contributed by atoms with E-state index in [4.69, 9.17) is 4.74 Å². The molecule has 2 aromatic carbocycles. The van der Waals surface area contributed by atoms with Gasteiger partial charge in [-0.15, -0.1) is 0 Å². The summed E-state index contributed by atoms with van der Waals surface area (Å²) in [5.41, 5.74) is -0.236. The molecule has 0 amide bonds. The molecule has 3 nitrogen and oxygen atoms in total. The van der Waals surface area contributed by atoms with Gasteiger partial charge in [0, 0.05) is 0 Å². The maximum atomic E-state index is 10.0. The lowest BCUT2D eigenvalue weighted by molar-refractivity contribution is 0.0781. The quantitative estimate of drug-likeness (QED) is 0.895. The monoisotopic (exact) mass is 286 g/mol. The Morgan fingerprint density at radius 1 is 0.714 bits per heavy atom. The topological polar surface area (TPSA) is 49.7 Å². The van der Waals surface area contributed by atoms with E-state index in [0.717, 1.165) is 11.1 Å². The Morgan fingerprint density at radius 2 is 1.10 bits per heavy atom. The zero-order valence-corrected chi connectivity index (χ0v) is 12.9. The molecule has 2 aromatic rings. The number of benzene rings is 2. The van der Waals surface area contributed by atoms with E-state index in [1.54, 1.807) is 27.7 Å². The predicted octanol–water partition coefficient (Wildman–Crippen LogP) is 3.93. The Morgan fingerprint density at radius 3 is 1.43 bits per heavy atom. The van der Waals surface area contributed by atoms with E-state index in [2.05, 4.69) is 0 Å². The van der Waals surface area contributed by atoms with Crippen molar-refractivity contribution >= 4 is 0 Å². The maximum Gasteiger partial charge on any atom is 0.127 e. The maximum absolute atomic E-state index is 10.0. The van der Waals surface area contributed by atoms with Crippen LogP contribution in [0.15, 0.2) is 48.5 Å². The summed E-state index contributed by atoms with van der Waals surface area (Å²) in [4.78, 5) is 0. The number of hydrogen-bond donors (Lipinski definition) is 2. The summed E-state index contributed by atoms with van der Waals surface area (Å²) in [5.74, 6) is 1.31. The molecule has 2 rings (SSSR count). The number of ether oxygens (including phenoxy) is 1. The van der Waals surface area contributed by atoms with E-state index in [1.807, 2.05) is 48.5 Å². The second-order valence-corrected chi connectivity index (χ2v) is 6.28. The van der Waals surface area contributed by atoms with Crippen molar-refractivity contribution in [3.05, 3.63) is 59.7 Å². The highest BCUT2D eigenvalue weighted by Gasteiger charge is 2.18. The lowest BCUT2D eigenvalue weighted by Gasteiger charge is -2.20. The first-order chi connectivity index (χ1) is 9.66. The Kier molecular flexibility index (Phi) is 4.08. The highest BCUT2D eigenvalue weighted by atomic mass is 16.5. The van der Waals surface area contributed by atoms with Crippen LogP contribution < -0.4 is 4.74 Å². The summed E-state index contributed by atoms with van der Waals surface area (Å²) >= 11 is 0. The first-order valence-corrected chi connectivity index (χ1v) is 7.00. The molecule has 0 fully saturated rings. The first-order valence-electron chi connectivity index (χ1n) is 7.00. The molecule has 0 aromatic heterocycles. The van der Waals surface area contributed by atoms with Crippen molar-refractivity contribution in [2.75, 3.05) is 0 Å². The SMILES string of the molecule is CC(C)(O)c1cccc(Oc2cccc(C(C)(C)O)c2)c1. The molecule has 0 unspecified atom stereocenters. The fourth-order valence-electron chi connectivity index (χ4n) is 2.02. The minimum atomic E-state index is -0.908. The Labute approximate surface area is 125 Å². The van der Waals surface area contributed by atoms with Crippen LogP contribution in [0.3, 0.4) is 0 Å². The molecule has 0 aliphatic rings. The highest BCUT2D eigenvalue weighted by molar-refractivity contribution is 5.38. The third-order valence-corrected chi connectivity index (χ3v) is 3.32. The molecular weight excluding hydrogens is 264 g/mol. The third-order valence-electron chi connectivity index (χ3n) is 3.32. The van der Waals surface area contributed by atoms with Crippen LogP contribution >= 0.6 is 0 Å². The Balaban J connectivity index is 2.27. The molecule has 112 valence electrons. The van der Waals surface area contributed by atoms with Crippen LogP contribution in [0.1, 0.15) is 38.8 Å². The summed E-state index contributed by atoms with van der Waals surface area (Å²) in [6.45, 7) is 6.95. The van der Waals surface area contributed by atoms with Gasteiger partial charge in [0.15, 0.2) is 0 Å². The molecule has 21 heavy (non-hydrogen) atoms. The molecule has 2 N–H and O–H groups in total. The molecule has 0 saturated heterocycles. The first kappa shape index (κ1) is 15.5. The molecule has 0 atom stereocenters. The molecule has 0 aliphatic carbocycles. The molecule has 3 heteroatoms. The van der Waals surface area contributed by atoms with Gasteiger partial charge in [0.05, 0.1) is 11.2 Å². The second-order valence-electron chi connectivity index (χ2n) is 6.28. The molecule has 0 aliphatic heterocycles. The number of hydrogen-bond acceptors (Lipinski definition) is 3. The summed E-state index contributed by atoms with van der Waals surface area (Å²) in [5, 5.41) is 20.1.